The Morgan fingerprint density at radius 3 is 2.81 bits per heavy atom. The van der Waals surface area contributed by atoms with Crippen molar-refractivity contribution in [3.63, 3.8) is 0 Å². The minimum absolute atomic E-state index is 0.317. The van der Waals surface area contributed by atoms with Crippen molar-refractivity contribution in [3.05, 3.63) is 36.4 Å². The summed E-state index contributed by atoms with van der Waals surface area (Å²) >= 11 is 0. The third-order valence-electron chi connectivity index (χ3n) is 5.22. The number of hydrogen-bond donors (Lipinski definition) is 1. The van der Waals surface area contributed by atoms with Crippen molar-refractivity contribution in [2.75, 3.05) is 36.5 Å². The average Bonchev–Trinajstić information content (AvgIpc) is 3.31. The molecule has 27 heavy (non-hydrogen) atoms. The molecule has 1 aromatic carbocycles. The third-order valence-corrected chi connectivity index (χ3v) is 5.22. The summed E-state index contributed by atoms with van der Waals surface area (Å²) in [6.45, 7) is 2.40. The van der Waals surface area contributed by atoms with E-state index < -0.39 is 6.09 Å². The van der Waals surface area contributed by atoms with Crippen LogP contribution in [0.15, 0.2) is 30.6 Å². The molecular weight excluding hydrogens is 351 g/mol. The summed E-state index contributed by atoms with van der Waals surface area (Å²) in [5.41, 5.74) is 1.09. The van der Waals surface area contributed by atoms with Crippen molar-refractivity contribution in [2.24, 2.45) is 0 Å². The van der Waals surface area contributed by atoms with E-state index in [2.05, 4.69) is 20.5 Å². The van der Waals surface area contributed by atoms with E-state index in [4.69, 9.17) is 4.74 Å². The van der Waals surface area contributed by atoms with Gasteiger partial charge in [-0.1, -0.05) is 5.21 Å². The number of amides is 1. The number of halogens is 1. The SMILES string of the molecule is CNC1CCN(c2ccc(N3C[C@H](Cn4ccnn4)OC3=O)cc2F)CC1. The highest BCUT2D eigenvalue weighted by Crippen LogP contribution is 2.29. The highest BCUT2D eigenvalue weighted by molar-refractivity contribution is 5.90. The number of rotatable bonds is 5. The number of cyclic esters (lactones) is 1. The van der Waals surface area contributed by atoms with Crippen molar-refractivity contribution in [1.82, 2.24) is 20.3 Å². The standard InChI is InChI=1S/C18H23FN6O2/c1-20-13-4-7-23(8-5-13)17-3-2-14(10-16(17)19)25-12-15(27-18(25)26)11-24-9-6-21-22-24/h2-3,6,9-10,13,15,20H,4-5,7-8,11-12H2,1H3/t15-/m0/s1. The Bertz CT molecular complexity index is 791. The molecule has 0 aliphatic carbocycles. The van der Waals surface area contributed by atoms with Crippen molar-refractivity contribution in [1.29, 1.82) is 0 Å². The molecule has 1 N–H and O–H groups in total. The van der Waals surface area contributed by atoms with Gasteiger partial charge in [0.15, 0.2) is 0 Å². The minimum atomic E-state index is -0.470. The van der Waals surface area contributed by atoms with Gasteiger partial charge < -0.3 is 15.0 Å². The van der Waals surface area contributed by atoms with Gasteiger partial charge in [-0.3, -0.25) is 4.90 Å². The van der Waals surface area contributed by atoms with Crippen LogP contribution in [0.1, 0.15) is 12.8 Å². The van der Waals surface area contributed by atoms with E-state index in [1.807, 2.05) is 7.05 Å². The van der Waals surface area contributed by atoms with E-state index in [1.165, 1.54) is 11.0 Å². The van der Waals surface area contributed by atoms with Gasteiger partial charge in [-0.25, -0.2) is 13.9 Å². The number of carbonyl (C=O) groups is 1. The summed E-state index contributed by atoms with van der Waals surface area (Å²) in [6, 6.07) is 5.44. The molecule has 144 valence electrons. The predicted octanol–water partition coefficient (Wildman–Crippen LogP) is 1.63. The van der Waals surface area contributed by atoms with Gasteiger partial charge in [0.25, 0.3) is 0 Å². The molecule has 2 aliphatic heterocycles. The predicted molar refractivity (Wildman–Crippen MR) is 98.3 cm³/mol. The zero-order valence-corrected chi connectivity index (χ0v) is 15.2. The topological polar surface area (TPSA) is 75.5 Å². The van der Waals surface area contributed by atoms with Crippen LogP contribution in [0, 0.1) is 5.82 Å². The van der Waals surface area contributed by atoms with Gasteiger partial charge >= 0.3 is 6.09 Å². The van der Waals surface area contributed by atoms with Crippen LogP contribution in [0.25, 0.3) is 0 Å². The maximum atomic E-state index is 14.7. The molecular formula is C18H23FN6O2. The van der Waals surface area contributed by atoms with Crippen LogP contribution in [-0.2, 0) is 11.3 Å². The molecule has 8 nitrogen and oxygen atoms in total. The highest BCUT2D eigenvalue weighted by atomic mass is 19.1. The fraction of sp³-hybridized carbons (Fsp3) is 0.500. The summed E-state index contributed by atoms with van der Waals surface area (Å²) in [7, 11) is 1.96. The average molecular weight is 374 g/mol. The monoisotopic (exact) mass is 374 g/mol. The molecule has 0 radical (unpaired) electrons. The number of aromatic nitrogens is 3. The number of benzene rings is 1. The highest BCUT2D eigenvalue weighted by Gasteiger charge is 2.33. The number of anilines is 2. The molecule has 1 aromatic heterocycles. The first kappa shape index (κ1) is 17.7. The zero-order chi connectivity index (χ0) is 18.8. The molecule has 2 aliphatic rings. The number of nitrogens with zero attached hydrogens (tertiary/aromatic N) is 5. The van der Waals surface area contributed by atoms with Crippen molar-refractivity contribution in [2.45, 2.75) is 31.5 Å². The van der Waals surface area contributed by atoms with Gasteiger partial charge in [-0.2, -0.15) is 0 Å². The van der Waals surface area contributed by atoms with Gasteiger partial charge in [0.1, 0.15) is 11.9 Å². The van der Waals surface area contributed by atoms with Gasteiger partial charge in [0.05, 0.1) is 30.7 Å². The Balaban J connectivity index is 1.43. The molecule has 3 heterocycles. The lowest BCUT2D eigenvalue weighted by Crippen LogP contribution is -2.41. The van der Waals surface area contributed by atoms with Gasteiger partial charge in [-0.15, -0.1) is 5.10 Å². The molecule has 0 saturated carbocycles. The normalized spacial score (nSPS) is 21.0. The van der Waals surface area contributed by atoms with Crippen molar-refractivity contribution < 1.29 is 13.9 Å². The molecule has 0 bridgehead atoms. The van der Waals surface area contributed by atoms with Crippen LogP contribution in [0.5, 0.6) is 0 Å². The molecule has 4 rings (SSSR count). The first-order valence-electron chi connectivity index (χ1n) is 9.18. The number of carbonyl (C=O) groups excluding carboxylic acids is 1. The van der Waals surface area contributed by atoms with Gasteiger partial charge in [0, 0.05) is 25.3 Å². The summed E-state index contributed by atoms with van der Waals surface area (Å²) in [6.07, 6.45) is 4.44. The van der Waals surface area contributed by atoms with Crippen LogP contribution in [-0.4, -0.2) is 59.9 Å². The van der Waals surface area contributed by atoms with E-state index in [0.29, 0.717) is 30.5 Å². The molecule has 0 spiro atoms. The molecule has 2 saturated heterocycles. The summed E-state index contributed by atoms with van der Waals surface area (Å²) in [5, 5.41) is 10.9. The van der Waals surface area contributed by atoms with Crippen LogP contribution in [0.3, 0.4) is 0 Å². The Kier molecular flexibility index (Phi) is 4.93. The molecule has 2 fully saturated rings. The summed E-state index contributed by atoms with van der Waals surface area (Å²) in [4.78, 5) is 15.7. The van der Waals surface area contributed by atoms with Crippen LogP contribution in [0.2, 0.25) is 0 Å². The lowest BCUT2D eigenvalue weighted by atomic mass is 10.0. The van der Waals surface area contributed by atoms with Crippen LogP contribution < -0.4 is 15.1 Å². The van der Waals surface area contributed by atoms with Crippen molar-refractivity contribution >= 4 is 17.5 Å². The fourth-order valence-corrected chi connectivity index (χ4v) is 3.70. The Morgan fingerprint density at radius 2 is 2.15 bits per heavy atom. The van der Waals surface area contributed by atoms with E-state index in [1.54, 1.807) is 29.2 Å². The van der Waals surface area contributed by atoms with E-state index in [-0.39, 0.29) is 11.9 Å². The van der Waals surface area contributed by atoms with E-state index >= 15 is 0 Å². The number of nitrogens with one attached hydrogen (secondary N) is 1. The van der Waals surface area contributed by atoms with Gasteiger partial charge in [-0.05, 0) is 38.1 Å². The quantitative estimate of drug-likeness (QED) is 0.857. The maximum absolute atomic E-state index is 14.7. The summed E-state index contributed by atoms with van der Waals surface area (Å²) in [5.74, 6) is -0.317. The second-order valence-electron chi connectivity index (χ2n) is 6.93. The second kappa shape index (κ2) is 7.51. The Morgan fingerprint density at radius 1 is 1.33 bits per heavy atom. The number of piperidine rings is 1. The van der Waals surface area contributed by atoms with E-state index in [0.717, 1.165) is 25.9 Å². The second-order valence-corrected chi connectivity index (χ2v) is 6.93. The maximum Gasteiger partial charge on any atom is 0.414 e. The first-order valence-corrected chi connectivity index (χ1v) is 9.18. The fourth-order valence-electron chi connectivity index (χ4n) is 3.70. The summed E-state index contributed by atoms with van der Waals surface area (Å²) < 4.78 is 21.7. The molecule has 1 amide bonds. The molecule has 1 atom stereocenters. The van der Waals surface area contributed by atoms with Crippen LogP contribution >= 0.6 is 0 Å². The van der Waals surface area contributed by atoms with E-state index in [9.17, 15) is 9.18 Å². The molecule has 0 unspecified atom stereocenters. The van der Waals surface area contributed by atoms with Crippen LogP contribution in [0.4, 0.5) is 20.6 Å². The minimum Gasteiger partial charge on any atom is -0.442 e. The molecule has 2 aromatic rings. The number of ether oxygens (including phenoxy) is 1. The smallest absolute Gasteiger partial charge is 0.414 e. The lowest BCUT2D eigenvalue weighted by Gasteiger charge is -2.33. The van der Waals surface area contributed by atoms with Gasteiger partial charge in [0.2, 0.25) is 0 Å². The van der Waals surface area contributed by atoms with Crippen molar-refractivity contribution in [3.8, 4) is 0 Å². The lowest BCUT2D eigenvalue weighted by molar-refractivity contribution is 0.129. The number of hydrogen-bond acceptors (Lipinski definition) is 6. The zero-order valence-electron chi connectivity index (χ0n) is 15.2. The Labute approximate surface area is 156 Å². The largest absolute Gasteiger partial charge is 0.442 e. The third kappa shape index (κ3) is 3.73. The molecule has 9 heteroatoms. The first-order chi connectivity index (χ1) is 13.1. The Hall–Kier alpha value is -2.68.